The molecule has 3 rings (SSSR count). The van der Waals surface area contributed by atoms with Gasteiger partial charge in [0.25, 0.3) is 5.91 Å². The Morgan fingerprint density at radius 1 is 0.935 bits per heavy atom. The number of nitrogens with one attached hydrogen (secondary N) is 2. The maximum absolute atomic E-state index is 13.5. The Kier molecular flexibility index (Phi) is 6.59. The second kappa shape index (κ2) is 9.34. The number of amides is 3. The molecule has 3 aromatic rings. The Balaban J connectivity index is 1.72. The van der Waals surface area contributed by atoms with Crippen molar-refractivity contribution in [2.75, 3.05) is 5.32 Å². The maximum atomic E-state index is 13.5. The molecule has 0 fully saturated rings. The van der Waals surface area contributed by atoms with Crippen molar-refractivity contribution >= 4 is 17.6 Å². The third kappa shape index (κ3) is 5.85. The summed E-state index contributed by atoms with van der Waals surface area (Å²) in [6.07, 6.45) is -4.70. The molecule has 0 aliphatic heterocycles. The summed E-state index contributed by atoms with van der Waals surface area (Å²) in [6, 6.07) is 17.6. The summed E-state index contributed by atoms with van der Waals surface area (Å²) in [4.78, 5) is 24.3. The molecule has 31 heavy (non-hydrogen) atoms. The van der Waals surface area contributed by atoms with Crippen LogP contribution < -0.4 is 15.4 Å². The molecule has 2 N–H and O–H groups in total. The van der Waals surface area contributed by atoms with Crippen molar-refractivity contribution in [1.82, 2.24) is 5.32 Å². The number of carbonyl (C=O) groups excluding carboxylic acids is 2. The number of ether oxygens (including phenoxy) is 1. The van der Waals surface area contributed by atoms with Crippen molar-refractivity contribution in [3.05, 3.63) is 95.1 Å². The van der Waals surface area contributed by atoms with Crippen LogP contribution in [-0.4, -0.2) is 11.9 Å². The molecule has 0 unspecified atom stereocenters. The van der Waals surface area contributed by atoms with Gasteiger partial charge in [-0.25, -0.2) is 4.79 Å². The Morgan fingerprint density at radius 2 is 1.61 bits per heavy atom. The minimum Gasteiger partial charge on any atom is -0.488 e. The van der Waals surface area contributed by atoms with E-state index in [9.17, 15) is 22.8 Å². The van der Waals surface area contributed by atoms with E-state index < -0.39 is 23.7 Å². The number of carbonyl (C=O) groups is 2. The summed E-state index contributed by atoms with van der Waals surface area (Å²) >= 11 is 0. The molecule has 0 radical (unpaired) electrons. The molecular weight excluding hydrogens is 409 g/mol. The highest BCUT2D eigenvalue weighted by Crippen LogP contribution is 2.38. The highest BCUT2D eigenvalue weighted by Gasteiger charge is 2.35. The van der Waals surface area contributed by atoms with E-state index in [0.717, 1.165) is 12.1 Å². The number of imide groups is 1. The number of aryl methyl sites for hydroxylation is 1. The number of halogens is 3. The Bertz CT molecular complexity index is 1080. The number of benzene rings is 3. The van der Waals surface area contributed by atoms with E-state index in [1.165, 1.54) is 6.07 Å². The number of urea groups is 1. The van der Waals surface area contributed by atoms with Crippen molar-refractivity contribution in [3.8, 4) is 5.75 Å². The van der Waals surface area contributed by atoms with Gasteiger partial charge in [0.15, 0.2) is 0 Å². The van der Waals surface area contributed by atoms with E-state index in [2.05, 4.69) is 10.6 Å². The Labute approximate surface area is 176 Å². The fraction of sp³-hybridized carbons (Fsp3) is 0.130. The number of alkyl halides is 3. The van der Waals surface area contributed by atoms with Crippen LogP contribution in [0, 0.1) is 6.92 Å². The molecule has 0 saturated carbocycles. The average Bonchev–Trinajstić information content (AvgIpc) is 2.73. The standard InChI is InChI=1S/C23H19F3N2O3/c1-15-7-5-6-10-18(15)21(29)28-22(30)27-17-11-12-20(19(13-17)23(24,25)26)31-14-16-8-3-2-4-9-16/h2-13H,14H2,1H3,(H2,27,28,29,30). The summed E-state index contributed by atoms with van der Waals surface area (Å²) in [7, 11) is 0. The van der Waals surface area contributed by atoms with E-state index in [-0.39, 0.29) is 18.0 Å². The van der Waals surface area contributed by atoms with Crippen LogP contribution in [0.5, 0.6) is 5.75 Å². The van der Waals surface area contributed by atoms with Gasteiger partial charge in [0.1, 0.15) is 12.4 Å². The largest absolute Gasteiger partial charge is 0.488 e. The fourth-order valence-corrected chi connectivity index (χ4v) is 2.85. The molecule has 0 heterocycles. The van der Waals surface area contributed by atoms with Gasteiger partial charge < -0.3 is 10.1 Å². The number of hydrogen-bond acceptors (Lipinski definition) is 3. The Hall–Kier alpha value is -3.81. The van der Waals surface area contributed by atoms with Gasteiger partial charge in [-0.1, -0.05) is 48.5 Å². The second-order valence-electron chi connectivity index (χ2n) is 6.71. The molecule has 5 nitrogen and oxygen atoms in total. The lowest BCUT2D eigenvalue weighted by Gasteiger charge is -2.16. The molecule has 0 atom stereocenters. The zero-order valence-electron chi connectivity index (χ0n) is 16.5. The van der Waals surface area contributed by atoms with Gasteiger partial charge in [-0.3, -0.25) is 10.1 Å². The summed E-state index contributed by atoms with van der Waals surface area (Å²) in [6.45, 7) is 1.67. The minimum absolute atomic E-state index is 0.0396. The smallest absolute Gasteiger partial charge is 0.420 e. The predicted octanol–water partition coefficient (Wildman–Crippen LogP) is 5.55. The summed E-state index contributed by atoms with van der Waals surface area (Å²) < 4.78 is 45.9. The van der Waals surface area contributed by atoms with E-state index >= 15 is 0 Å². The van der Waals surface area contributed by atoms with Gasteiger partial charge in [-0.2, -0.15) is 13.2 Å². The molecule has 0 aliphatic rings. The lowest BCUT2D eigenvalue weighted by atomic mass is 10.1. The molecule has 160 valence electrons. The third-order valence-electron chi connectivity index (χ3n) is 4.40. The van der Waals surface area contributed by atoms with Crippen LogP contribution in [0.3, 0.4) is 0 Å². The zero-order valence-corrected chi connectivity index (χ0v) is 16.5. The summed E-state index contributed by atoms with van der Waals surface area (Å²) in [5.41, 5.74) is 0.498. The second-order valence-corrected chi connectivity index (χ2v) is 6.71. The van der Waals surface area contributed by atoms with Crippen molar-refractivity contribution in [3.63, 3.8) is 0 Å². The van der Waals surface area contributed by atoms with Crippen molar-refractivity contribution in [1.29, 1.82) is 0 Å². The molecule has 0 aliphatic carbocycles. The minimum atomic E-state index is -4.70. The molecule has 0 saturated heterocycles. The van der Waals surface area contributed by atoms with Crippen LogP contribution in [0.25, 0.3) is 0 Å². The highest BCUT2D eigenvalue weighted by atomic mass is 19.4. The number of anilines is 1. The maximum Gasteiger partial charge on any atom is 0.420 e. The van der Waals surface area contributed by atoms with E-state index in [0.29, 0.717) is 16.7 Å². The van der Waals surface area contributed by atoms with Crippen LogP contribution >= 0.6 is 0 Å². The van der Waals surface area contributed by atoms with Gasteiger partial charge in [0.2, 0.25) is 0 Å². The van der Waals surface area contributed by atoms with E-state index in [4.69, 9.17) is 4.74 Å². The SMILES string of the molecule is Cc1ccccc1C(=O)NC(=O)Nc1ccc(OCc2ccccc2)c(C(F)(F)F)c1. The topological polar surface area (TPSA) is 67.4 Å². The first-order valence-electron chi connectivity index (χ1n) is 9.30. The molecule has 3 aromatic carbocycles. The molecular formula is C23H19F3N2O3. The molecule has 3 amide bonds. The number of hydrogen-bond donors (Lipinski definition) is 2. The van der Waals surface area contributed by atoms with Crippen LogP contribution in [-0.2, 0) is 12.8 Å². The predicted molar refractivity (Wildman–Crippen MR) is 110 cm³/mol. The first-order chi connectivity index (χ1) is 14.7. The summed E-state index contributed by atoms with van der Waals surface area (Å²) in [5, 5.41) is 4.35. The van der Waals surface area contributed by atoms with Gasteiger partial charge in [-0.05, 0) is 42.3 Å². The Morgan fingerprint density at radius 3 is 2.29 bits per heavy atom. The quantitative estimate of drug-likeness (QED) is 0.560. The van der Waals surface area contributed by atoms with Gasteiger partial charge in [-0.15, -0.1) is 0 Å². The normalized spacial score (nSPS) is 11.0. The monoisotopic (exact) mass is 428 g/mol. The fourth-order valence-electron chi connectivity index (χ4n) is 2.85. The average molecular weight is 428 g/mol. The lowest BCUT2D eigenvalue weighted by Crippen LogP contribution is -2.34. The lowest BCUT2D eigenvalue weighted by molar-refractivity contribution is -0.139. The van der Waals surface area contributed by atoms with Crippen molar-refractivity contribution < 1.29 is 27.5 Å². The van der Waals surface area contributed by atoms with Crippen molar-refractivity contribution in [2.24, 2.45) is 0 Å². The molecule has 0 spiro atoms. The highest BCUT2D eigenvalue weighted by molar-refractivity contribution is 6.08. The first-order valence-corrected chi connectivity index (χ1v) is 9.30. The summed E-state index contributed by atoms with van der Waals surface area (Å²) in [5.74, 6) is -1.02. The van der Waals surface area contributed by atoms with Gasteiger partial charge >= 0.3 is 12.2 Å². The molecule has 8 heteroatoms. The van der Waals surface area contributed by atoms with Crippen LogP contribution in [0.4, 0.5) is 23.7 Å². The number of rotatable bonds is 5. The van der Waals surface area contributed by atoms with Crippen LogP contribution in [0.2, 0.25) is 0 Å². The third-order valence-corrected chi connectivity index (χ3v) is 4.40. The zero-order chi connectivity index (χ0) is 22.4. The molecule has 0 bridgehead atoms. The van der Waals surface area contributed by atoms with E-state index in [1.54, 1.807) is 61.5 Å². The first kappa shape index (κ1) is 21.9. The van der Waals surface area contributed by atoms with Crippen molar-refractivity contribution in [2.45, 2.75) is 19.7 Å². The van der Waals surface area contributed by atoms with Crippen LogP contribution in [0.1, 0.15) is 27.0 Å². The van der Waals surface area contributed by atoms with Gasteiger partial charge in [0, 0.05) is 11.3 Å². The van der Waals surface area contributed by atoms with Crippen LogP contribution in [0.15, 0.2) is 72.8 Å². The van der Waals surface area contributed by atoms with E-state index in [1.807, 2.05) is 0 Å². The molecule has 0 aromatic heterocycles. The van der Waals surface area contributed by atoms with Gasteiger partial charge in [0.05, 0.1) is 5.56 Å².